The number of aromatic nitrogens is 1. The Morgan fingerprint density at radius 1 is 1.25 bits per heavy atom. The molecule has 1 heterocycles. The standard InChI is InChI=1S/C16H27N3O/c1-7-12(8-2)18-15(20)11-9-13(16(3,4)5)19-14(10-11)17-6/h9-10,12H,7-8H2,1-6H3,(H,17,19)(H,18,20). The molecule has 0 aromatic carbocycles. The molecule has 4 heteroatoms. The Bertz CT molecular complexity index is 459. The van der Waals surface area contributed by atoms with Crippen molar-refractivity contribution in [3.63, 3.8) is 0 Å². The molecule has 0 atom stereocenters. The second-order valence-corrected chi connectivity index (χ2v) is 6.11. The van der Waals surface area contributed by atoms with E-state index in [-0.39, 0.29) is 17.4 Å². The molecule has 4 nitrogen and oxygen atoms in total. The molecule has 0 saturated heterocycles. The van der Waals surface area contributed by atoms with Crippen LogP contribution in [0.5, 0.6) is 0 Å². The highest BCUT2D eigenvalue weighted by molar-refractivity contribution is 5.95. The number of nitrogens with one attached hydrogen (secondary N) is 2. The summed E-state index contributed by atoms with van der Waals surface area (Å²) < 4.78 is 0. The molecule has 1 aromatic heterocycles. The first-order valence-electron chi connectivity index (χ1n) is 7.33. The first-order chi connectivity index (χ1) is 9.31. The molecule has 0 fully saturated rings. The van der Waals surface area contributed by atoms with Crippen LogP contribution in [-0.2, 0) is 5.41 Å². The fourth-order valence-corrected chi connectivity index (χ4v) is 1.94. The van der Waals surface area contributed by atoms with Crippen LogP contribution >= 0.6 is 0 Å². The summed E-state index contributed by atoms with van der Waals surface area (Å²) in [5.41, 5.74) is 1.50. The number of pyridine rings is 1. The summed E-state index contributed by atoms with van der Waals surface area (Å²) in [6.45, 7) is 10.5. The maximum atomic E-state index is 12.4. The summed E-state index contributed by atoms with van der Waals surface area (Å²) in [5.74, 6) is 0.704. The lowest BCUT2D eigenvalue weighted by molar-refractivity contribution is 0.0934. The summed E-state index contributed by atoms with van der Waals surface area (Å²) in [6, 6.07) is 3.91. The highest BCUT2D eigenvalue weighted by Gasteiger charge is 2.19. The molecule has 0 radical (unpaired) electrons. The van der Waals surface area contributed by atoms with Crippen LogP contribution in [0, 0.1) is 0 Å². The number of hydrogen-bond donors (Lipinski definition) is 2. The van der Waals surface area contributed by atoms with Gasteiger partial charge in [-0.15, -0.1) is 0 Å². The molecule has 0 unspecified atom stereocenters. The average Bonchev–Trinajstić information content (AvgIpc) is 2.42. The van der Waals surface area contributed by atoms with Crippen LogP contribution in [0.3, 0.4) is 0 Å². The van der Waals surface area contributed by atoms with Gasteiger partial charge in [-0.3, -0.25) is 4.79 Å². The lowest BCUT2D eigenvalue weighted by atomic mass is 9.90. The minimum absolute atomic E-state index is 0.0249. The quantitative estimate of drug-likeness (QED) is 0.868. The number of amides is 1. The Morgan fingerprint density at radius 2 is 1.85 bits per heavy atom. The van der Waals surface area contributed by atoms with Crippen molar-refractivity contribution in [1.82, 2.24) is 10.3 Å². The fourth-order valence-electron chi connectivity index (χ4n) is 1.94. The smallest absolute Gasteiger partial charge is 0.251 e. The van der Waals surface area contributed by atoms with E-state index in [1.165, 1.54) is 0 Å². The molecule has 0 bridgehead atoms. The summed E-state index contributed by atoms with van der Waals surface area (Å²) in [5, 5.41) is 6.09. The molecule has 1 amide bonds. The third kappa shape index (κ3) is 4.22. The van der Waals surface area contributed by atoms with Crippen molar-refractivity contribution >= 4 is 11.7 Å². The van der Waals surface area contributed by atoms with E-state index < -0.39 is 0 Å². The third-order valence-corrected chi connectivity index (χ3v) is 3.43. The van der Waals surface area contributed by atoms with E-state index in [0.717, 1.165) is 24.4 Å². The van der Waals surface area contributed by atoms with Gasteiger partial charge in [0.05, 0.1) is 0 Å². The maximum absolute atomic E-state index is 12.4. The Hall–Kier alpha value is -1.58. The van der Waals surface area contributed by atoms with Gasteiger partial charge in [0.2, 0.25) is 0 Å². The minimum atomic E-state index is -0.0865. The fraction of sp³-hybridized carbons (Fsp3) is 0.625. The molecular formula is C16H27N3O. The van der Waals surface area contributed by atoms with E-state index >= 15 is 0 Å². The molecule has 0 aliphatic carbocycles. The lowest BCUT2D eigenvalue weighted by Crippen LogP contribution is -2.34. The Labute approximate surface area is 122 Å². The van der Waals surface area contributed by atoms with E-state index in [4.69, 9.17) is 0 Å². The van der Waals surface area contributed by atoms with Crippen molar-refractivity contribution in [1.29, 1.82) is 0 Å². The van der Waals surface area contributed by atoms with Gasteiger partial charge in [0.25, 0.3) is 5.91 Å². The van der Waals surface area contributed by atoms with Crippen molar-refractivity contribution in [2.24, 2.45) is 0 Å². The molecule has 1 rings (SSSR count). The predicted octanol–water partition coefficient (Wildman–Crippen LogP) is 3.34. The Kier molecular flexibility index (Phi) is 5.54. The molecule has 0 saturated carbocycles. The molecule has 2 N–H and O–H groups in total. The summed E-state index contributed by atoms with van der Waals surface area (Å²) >= 11 is 0. The van der Waals surface area contributed by atoms with Crippen LogP contribution in [-0.4, -0.2) is 24.0 Å². The predicted molar refractivity (Wildman–Crippen MR) is 84.3 cm³/mol. The van der Waals surface area contributed by atoms with Crippen LogP contribution < -0.4 is 10.6 Å². The number of carbonyl (C=O) groups is 1. The topological polar surface area (TPSA) is 54.0 Å². The van der Waals surface area contributed by atoms with Gasteiger partial charge in [-0.25, -0.2) is 4.98 Å². The van der Waals surface area contributed by atoms with Gasteiger partial charge in [0.15, 0.2) is 0 Å². The first-order valence-corrected chi connectivity index (χ1v) is 7.33. The van der Waals surface area contributed by atoms with Crippen molar-refractivity contribution in [2.45, 2.75) is 58.9 Å². The third-order valence-electron chi connectivity index (χ3n) is 3.43. The van der Waals surface area contributed by atoms with Gasteiger partial charge in [-0.2, -0.15) is 0 Å². The highest BCUT2D eigenvalue weighted by Crippen LogP contribution is 2.23. The molecule has 0 aliphatic heterocycles. The van der Waals surface area contributed by atoms with Crippen molar-refractivity contribution in [2.75, 3.05) is 12.4 Å². The van der Waals surface area contributed by atoms with Gasteiger partial charge in [0.1, 0.15) is 5.82 Å². The van der Waals surface area contributed by atoms with Crippen molar-refractivity contribution in [3.05, 3.63) is 23.4 Å². The maximum Gasteiger partial charge on any atom is 0.251 e. The number of nitrogens with zero attached hydrogens (tertiary/aromatic N) is 1. The van der Waals surface area contributed by atoms with E-state index in [2.05, 4.69) is 50.2 Å². The van der Waals surface area contributed by atoms with Crippen LogP contribution in [0.2, 0.25) is 0 Å². The van der Waals surface area contributed by atoms with E-state index in [1.54, 1.807) is 6.07 Å². The number of hydrogen-bond acceptors (Lipinski definition) is 3. The zero-order valence-corrected chi connectivity index (χ0v) is 13.5. The zero-order valence-electron chi connectivity index (χ0n) is 13.5. The van der Waals surface area contributed by atoms with Crippen LogP contribution in [0.15, 0.2) is 12.1 Å². The van der Waals surface area contributed by atoms with Crippen molar-refractivity contribution in [3.8, 4) is 0 Å². The zero-order chi connectivity index (χ0) is 15.3. The second-order valence-electron chi connectivity index (χ2n) is 6.11. The second kappa shape index (κ2) is 6.73. The number of carbonyl (C=O) groups excluding carboxylic acids is 1. The molecule has 112 valence electrons. The average molecular weight is 277 g/mol. The molecule has 0 aliphatic rings. The molecule has 0 spiro atoms. The molecule has 20 heavy (non-hydrogen) atoms. The largest absolute Gasteiger partial charge is 0.373 e. The monoisotopic (exact) mass is 277 g/mol. The minimum Gasteiger partial charge on any atom is -0.373 e. The van der Waals surface area contributed by atoms with Gasteiger partial charge < -0.3 is 10.6 Å². The lowest BCUT2D eigenvalue weighted by Gasteiger charge is -2.20. The molecular weight excluding hydrogens is 250 g/mol. The van der Waals surface area contributed by atoms with E-state index in [9.17, 15) is 4.79 Å². The summed E-state index contributed by atoms with van der Waals surface area (Å²) in [4.78, 5) is 16.9. The highest BCUT2D eigenvalue weighted by atomic mass is 16.1. The van der Waals surface area contributed by atoms with Crippen LogP contribution in [0.1, 0.15) is 63.5 Å². The number of rotatable bonds is 5. The number of anilines is 1. The van der Waals surface area contributed by atoms with Crippen LogP contribution in [0.4, 0.5) is 5.82 Å². The Morgan fingerprint density at radius 3 is 2.30 bits per heavy atom. The summed E-state index contributed by atoms with van der Waals surface area (Å²) in [7, 11) is 1.82. The normalized spacial score (nSPS) is 11.6. The van der Waals surface area contributed by atoms with Gasteiger partial charge in [-0.1, -0.05) is 34.6 Å². The van der Waals surface area contributed by atoms with Gasteiger partial charge in [0, 0.05) is 29.8 Å². The van der Waals surface area contributed by atoms with E-state index in [0.29, 0.717) is 5.56 Å². The summed E-state index contributed by atoms with van der Waals surface area (Å²) in [6.07, 6.45) is 1.89. The van der Waals surface area contributed by atoms with Crippen LogP contribution in [0.25, 0.3) is 0 Å². The van der Waals surface area contributed by atoms with Gasteiger partial charge >= 0.3 is 0 Å². The van der Waals surface area contributed by atoms with Crippen molar-refractivity contribution < 1.29 is 4.79 Å². The Balaban J connectivity index is 3.08. The van der Waals surface area contributed by atoms with Gasteiger partial charge in [-0.05, 0) is 25.0 Å². The SMILES string of the molecule is CCC(CC)NC(=O)c1cc(NC)nc(C(C)(C)C)c1. The molecule has 1 aromatic rings. The first kappa shape index (κ1) is 16.5. The van der Waals surface area contributed by atoms with E-state index in [1.807, 2.05) is 13.1 Å².